The molecule has 2 amide bonds. The number of carbonyl (C=O) groups excluding carboxylic acids is 2. The van der Waals surface area contributed by atoms with Crippen LogP contribution in [0.25, 0.3) is 0 Å². The number of imide groups is 1. The van der Waals surface area contributed by atoms with E-state index >= 15 is 0 Å². The Morgan fingerprint density at radius 1 is 1.83 bits per heavy atom. The Hall–Kier alpha value is -1.90. The zero-order valence-electron chi connectivity index (χ0n) is 6.40. The van der Waals surface area contributed by atoms with Crippen molar-refractivity contribution < 1.29 is 14.4 Å². The fourth-order valence-corrected chi connectivity index (χ4v) is 0.364. The lowest BCUT2D eigenvalue weighted by molar-refractivity contribution is -0.120. The Balaban J connectivity index is 4.25. The molecule has 0 heterocycles. The van der Waals surface area contributed by atoms with Gasteiger partial charge in [-0.05, 0) is 6.92 Å². The van der Waals surface area contributed by atoms with Gasteiger partial charge in [0.1, 0.15) is 12.7 Å². The van der Waals surface area contributed by atoms with Gasteiger partial charge in [-0.3, -0.25) is 14.9 Å². The summed E-state index contributed by atoms with van der Waals surface area (Å²) in [5, 5.41) is 13.2. The van der Waals surface area contributed by atoms with Gasteiger partial charge < -0.3 is 4.84 Å². The Labute approximate surface area is 68.8 Å². The van der Waals surface area contributed by atoms with Crippen LogP contribution in [0.2, 0.25) is 0 Å². The molecule has 0 aliphatic rings. The van der Waals surface area contributed by atoms with Crippen molar-refractivity contribution in [2.24, 2.45) is 5.16 Å². The van der Waals surface area contributed by atoms with Crippen LogP contribution < -0.4 is 5.32 Å². The smallest absolute Gasteiger partial charge is 0.290 e. The fourth-order valence-electron chi connectivity index (χ4n) is 0.364. The van der Waals surface area contributed by atoms with Crippen molar-refractivity contribution in [3.8, 4) is 6.07 Å². The van der Waals surface area contributed by atoms with Crippen molar-refractivity contribution in [2.75, 3.05) is 6.61 Å². The summed E-state index contributed by atoms with van der Waals surface area (Å²) in [5.74, 6) is -0.874. The number of nitrogens with zero attached hydrogens (tertiary/aromatic N) is 2. The molecule has 0 aliphatic carbocycles. The van der Waals surface area contributed by atoms with Crippen LogP contribution in [0.4, 0.5) is 0 Å². The lowest BCUT2D eigenvalue weighted by Crippen LogP contribution is -2.29. The van der Waals surface area contributed by atoms with Crippen molar-refractivity contribution in [2.45, 2.75) is 6.92 Å². The Morgan fingerprint density at radius 3 is 2.92 bits per heavy atom. The van der Waals surface area contributed by atoms with Gasteiger partial charge in [0.15, 0.2) is 0 Å². The molecule has 1 N–H and O–H groups in total. The van der Waals surface area contributed by atoms with Crippen molar-refractivity contribution >= 4 is 18.0 Å². The van der Waals surface area contributed by atoms with E-state index in [0.717, 1.165) is 0 Å². The van der Waals surface area contributed by atoms with Crippen LogP contribution in [0.3, 0.4) is 0 Å². The molecule has 0 rings (SSSR count). The summed E-state index contributed by atoms with van der Waals surface area (Å²) >= 11 is 0. The fraction of sp³-hybridized carbons (Fsp3) is 0.333. The maximum Gasteiger partial charge on any atom is 0.290 e. The second-order valence-corrected chi connectivity index (χ2v) is 1.56. The molecule has 0 radical (unpaired) electrons. The first-order chi connectivity index (χ1) is 5.76. The van der Waals surface area contributed by atoms with E-state index in [-0.39, 0.29) is 13.0 Å². The molecule has 0 unspecified atom stereocenters. The lowest BCUT2D eigenvalue weighted by Gasteiger charge is -1.94. The van der Waals surface area contributed by atoms with Crippen molar-refractivity contribution in [3.63, 3.8) is 0 Å². The minimum atomic E-state index is -0.874. The molecule has 0 bridgehead atoms. The maximum absolute atomic E-state index is 10.7. The molecule has 6 nitrogen and oxygen atoms in total. The molecule has 64 valence electrons. The van der Waals surface area contributed by atoms with Gasteiger partial charge in [-0.1, -0.05) is 5.16 Å². The second-order valence-electron chi connectivity index (χ2n) is 1.56. The molecular formula is C6H7N3O3. The summed E-state index contributed by atoms with van der Waals surface area (Å²) in [6.45, 7) is 1.90. The topological polar surface area (TPSA) is 91.5 Å². The lowest BCUT2D eigenvalue weighted by atomic mass is 10.4. The molecule has 0 saturated heterocycles. The summed E-state index contributed by atoms with van der Waals surface area (Å²) in [6.07, 6.45) is 0.168. The van der Waals surface area contributed by atoms with E-state index in [9.17, 15) is 9.59 Å². The number of nitriles is 1. The number of oxime groups is 1. The third-order valence-corrected chi connectivity index (χ3v) is 0.796. The largest absolute Gasteiger partial charge is 0.395 e. The normalized spacial score (nSPS) is 9.83. The zero-order valence-corrected chi connectivity index (χ0v) is 6.40. The van der Waals surface area contributed by atoms with Gasteiger partial charge in [0.05, 0.1) is 0 Å². The Morgan fingerprint density at radius 2 is 2.50 bits per heavy atom. The summed E-state index contributed by atoms with van der Waals surface area (Å²) in [5.41, 5.74) is -0.482. The third-order valence-electron chi connectivity index (χ3n) is 0.796. The predicted molar refractivity (Wildman–Crippen MR) is 38.9 cm³/mol. The minimum absolute atomic E-state index is 0.168. The molecule has 0 fully saturated rings. The molecule has 0 aromatic heterocycles. The first-order valence-electron chi connectivity index (χ1n) is 3.10. The average Bonchev–Trinajstić information content (AvgIpc) is 2.06. The zero-order chi connectivity index (χ0) is 9.40. The SMILES string of the molecule is CCON=C(C#N)C(=O)NC=O. The molecule has 12 heavy (non-hydrogen) atoms. The summed E-state index contributed by atoms with van der Waals surface area (Å²) in [4.78, 5) is 24.9. The number of carbonyl (C=O) groups is 2. The van der Waals surface area contributed by atoms with Crippen LogP contribution in [0, 0.1) is 11.3 Å². The monoisotopic (exact) mass is 169 g/mol. The molecule has 0 spiro atoms. The number of hydrogen-bond donors (Lipinski definition) is 1. The van der Waals surface area contributed by atoms with E-state index in [1.165, 1.54) is 6.07 Å². The van der Waals surface area contributed by atoms with Crippen molar-refractivity contribution in [3.05, 3.63) is 0 Å². The average molecular weight is 169 g/mol. The number of hydrogen-bond acceptors (Lipinski definition) is 5. The Bertz CT molecular complexity index is 241. The minimum Gasteiger partial charge on any atom is -0.395 e. The standard InChI is InChI=1S/C6H7N3O3/c1-2-12-9-5(3-7)6(11)8-4-10/h4H,2H2,1H3,(H,8,10,11). The van der Waals surface area contributed by atoms with Gasteiger partial charge in [0.2, 0.25) is 12.1 Å². The summed E-state index contributed by atoms with van der Waals surface area (Å²) < 4.78 is 0. The van der Waals surface area contributed by atoms with Gasteiger partial charge >= 0.3 is 0 Å². The van der Waals surface area contributed by atoms with E-state index < -0.39 is 11.6 Å². The Kier molecular flexibility index (Phi) is 4.93. The van der Waals surface area contributed by atoms with Crippen LogP contribution in [-0.4, -0.2) is 24.6 Å². The summed E-state index contributed by atoms with van der Waals surface area (Å²) in [7, 11) is 0. The quantitative estimate of drug-likeness (QED) is 0.338. The first-order valence-corrected chi connectivity index (χ1v) is 3.10. The van der Waals surface area contributed by atoms with Crippen LogP contribution in [0.1, 0.15) is 6.92 Å². The van der Waals surface area contributed by atoms with E-state index in [4.69, 9.17) is 5.26 Å². The van der Waals surface area contributed by atoms with Crippen LogP contribution in [-0.2, 0) is 14.4 Å². The van der Waals surface area contributed by atoms with Crippen molar-refractivity contribution in [1.29, 1.82) is 5.26 Å². The highest BCUT2D eigenvalue weighted by Gasteiger charge is 2.09. The van der Waals surface area contributed by atoms with Gasteiger partial charge in [0, 0.05) is 0 Å². The first kappa shape index (κ1) is 10.1. The molecule has 0 aromatic rings. The van der Waals surface area contributed by atoms with Gasteiger partial charge in [0.25, 0.3) is 5.91 Å². The highest BCUT2D eigenvalue weighted by Crippen LogP contribution is 1.80. The molecule has 0 aromatic carbocycles. The number of amides is 2. The summed E-state index contributed by atoms with van der Waals surface area (Å²) in [6, 6.07) is 1.48. The van der Waals surface area contributed by atoms with Gasteiger partial charge in [-0.15, -0.1) is 0 Å². The molecular weight excluding hydrogens is 162 g/mol. The molecule has 0 atom stereocenters. The number of rotatable bonds is 4. The highest BCUT2D eigenvalue weighted by molar-refractivity contribution is 6.46. The third kappa shape index (κ3) is 3.31. The van der Waals surface area contributed by atoms with Crippen molar-refractivity contribution in [1.82, 2.24) is 5.32 Å². The molecule has 6 heteroatoms. The van der Waals surface area contributed by atoms with Gasteiger partial charge in [-0.25, -0.2) is 0 Å². The van der Waals surface area contributed by atoms with Gasteiger partial charge in [-0.2, -0.15) is 5.26 Å². The second kappa shape index (κ2) is 5.85. The molecule has 0 saturated carbocycles. The van der Waals surface area contributed by atoms with Crippen LogP contribution >= 0.6 is 0 Å². The van der Waals surface area contributed by atoms with E-state index in [0.29, 0.717) is 0 Å². The van der Waals surface area contributed by atoms with E-state index in [1.807, 2.05) is 0 Å². The number of nitrogens with one attached hydrogen (secondary N) is 1. The van der Waals surface area contributed by atoms with Crippen LogP contribution in [0.15, 0.2) is 5.16 Å². The maximum atomic E-state index is 10.7. The van der Waals surface area contributed by atoms with E-state index in [2.05, 4.69) is 9.99 Å². The van der Waals surface area contributed by atoms with Crippen LogP contribution in [0.5, 0.6) is 0 Å². The highest BCUT2D eigenvalue weighted by atomic mass is 16.6. The van der Waals surface area contributed by atoms with E-state index in [1.54, 1.807) is 12.2 Å². The predicted octanol–water partition coefficient (Wildman–Crippen LogP) is -0.825. The molecule has 0 aliphatic heterocycles.